The van der Waals surface area contributed by atoms with Crippen LogP contribution in [0.25, 0.3) is 0 Å². The zero-order valence-corrected chi connectivity index (χ0v) is 17.6. The van der Waals surface area contributed by atoms with Crippen molar-refractivity contribution in [2.24, 2.45) is 0 Å². The minimum Gasteiger partial charge on any atom is -0.482 e. The van der Waals surface area contributed by atoms with E-state index in [1.54, 1.807) is 18.2 Å². The Morgan fingerprint density at radius 3 is 2.37 bits per heavy atom. The van der Waals surface area contributed by atoms with Crippen LogP contribution < -0.4 is 9.64 Å². The Morgan fingerprint density at radius 2 is 1.77 bits per heavy atom. The number of anilines is 1. The van der Waals surface area contributed by atoms with Gasteiger partial charge in [-0.3, -0.25) is 14.6 Å². The zero-order chi connectivity index (χ0) is 22.1. The summed E-state index contributed by atoms with van der Waals surface area (Å²) in [5.41, 5.74) is 2.55. The molecule has 0 radical (unpaired) electrons. The minimum absolute atomic E-state index is 0.0179. The topological polar surface area (TPSA) is 87.2 Å². The molecule has 7 nitrogen and oxygen atoms in total. The Kier molecular flexibility index (Phi) is 5.82. The van der Waals surface area contributed by atoms with Gasteiger partial charge in [-0.05, 0) is 40.8 Å². The maximum Gasteiger partial charge on any atom is 0.341 e. The van der Waals surface area contributed by atoms with E-state index in [9.17, 15) is 14.4 Å². The zero-order valence-electron chi connectivity index (χ0n) is 17.6. The van der Waals surface area contributed by atoms with E-state index in [0.717, 1.165) is 16.0 Å². The van der Waals surface area contributed by atoms with E-state index in [4.69, 9.17) is 9.84 Å². The normalized spacial score (nSPS) is 16.9. The fraction of sp³-hybridized carbons (Fsp3) is 0.348. The molecule has 1 saturated heterocycles. The van der Waals surface area contributed by atoms with Crippen LogP contribution in [-0.4, -0.2) is 47.6 Å². The Hall–Kier alpha value is -3.35. The van der Waals surface area contributed by atoms with Gasteiger partial charge in [0.25, 0.3) is 5.91 Å². The molecule has 1 aliphatic heterocycles. The minimum atomic E-state index is -1.07. The molecular weight excluding hydrogens is 384 g/mol. The summed E-state index contributed by atoms with van der Waals surface area (Å²) in [5.74, 6) is -0.943. The first-order valence-corrected chi connectivity index (χ1v) is 9.73. The van der Waals surface area contributed by atoms with E-state index in [2.05, 4.69) is 20.8 Å². The number of carboxylic acid groups (broad SMARTS) is 1. The molecule has 1 aliphatic rings. The molecule has 30 heavy (non-hydrogen) atoms. The van der Waals surface area contributed by atoms with Crippen LogP contribution in [0.3, 0.4) is 0 Å². The second kappa shape index (κ2) is 8.18. The predicted molar refractivity (Wildman–Crippen MR) is 113 cm³/mol. The van der Waals surface area contributed by atoms with Crippen molar-refractivity contribution in [1.82, 2.24) is 4.90 Å². The van der Waals surface area contributed by atoms with Crippen molar-refractivity contribution in [2.45, 2.75) is 38.6 Å². The summed E-state index contributed by atoms with van der Waals surface area (Å²) in [6, 6.07) is 13.5. The van der Waals surface area contributed by atoms with Crippen LogP contribution in [0, 0.1) is 0 Å². The number of nitrogens with zero attached hydrogens (tertiary/aromatic N) is 2. The molecule has 7 heteroatoms. The summed E-state index contributed by atoms with van der Waals surface area (Å²) in [7, 11) is 1.48. The SMILES string of the molecule is CN1C(=O)C(Cc2cccc(OCC(=O)O)c2)N(c2ccc(C(C)(C)C)cc2)C1=O. The summed E-state index contributed by atoms with van der Waals surface area (Å²) in [6.07, 6.45) is 0.292. The van der Waals surface area contributed by atoms with Crippen LogP contribution in [0.1, 0.15) is 31.9 Å². The Balaban J connectivity index is 1.87. The van der Waals surface area contributed by atoms with Gasteiger partial charge >= 0.3 is 12.0 Å². The average Bonchev–Trinajstić information content (AvgIpc) is 2.90. The van der Waals surface area contributed by atoms with Gasteiger partial charge in [-0.15, -0.1) is 0 Å². The van der Waals surface area contributed by atoms with Gasteiger partial charge in [0.2, 0.25) is 0 Å². The lowest BCUT2D eigenvalue weighted by Crippen LogP contribution is -2.36. The Morgan fingerprint density at radius 1 is 1.10 bits per heavy atom. The third kappa shape index (κ3) is 4.45. The molecule has 2 aromatic rings. The van der Waals surface area contributed by atoms with Crippen molar-refractivity contribution in [2.75, 3.05) is 18.6 Å². The third-order valence-corrected chi connectivity index (χ3v) is 5.12. The highest BCUT2D eigenvalue weighted by atomic mass is 16.5. The molecule has 0 saturated carbocycles. The molecule has 1 atom stereocenters. The van der Waals surface area contributed by atoms with E-state index in [0.29, 0.717) is 17.9 Å². The number of urea groups is 1. The number of carbonyl (C=O) groups excluding carboxylic acids is 2. The summed E-state index contributed by atoms with van der Waals surface area (Å²) >= 11 is 0. The second-order valence-electron chi connectivity index (χ2n) is 8.40. The molecule has 1 unspecified atom stereocenters. The molecule has 0 aliphatic carbocycles. The number of ether oxygens (including phenoxy) is 1. The predicted octanol–water partition coefficient (Wildman–Crippen LogP) is 3.46. The molecule has 1 N–H and O–H groups in total. The van der Waals surface area contributed by atoms with Crippen molar-refractivity contribution in [3.63, 3.8) is 0 Å². The number of aliphatic carboxylic acids is 1. The van der Waals surface area contributed by atoms with E-state index < -0.39 is 18.6 Å². The molecule has 158 valence electrons. The van der Waals surface area contributed by atoms with Gasteiger partial charge in [0.1, 0.15) is 11.8 Å². The Labute approximate surface area is 175 Å². The molecule has 0 spiro atoms. The summed E-state index contributed by atoms with van der Waals surface area (Å²) in [4.78, 5) is 38.9. The number of carboxylic acids is 1. The number of hydrogen-bond acceptors (Lipinski definition) is 4. The van der Waals surface area contributed by atoms with Gasteiger partial charge in [-0.2, -0.15) is 0 Å². The third-order valence-electron chi connectivity index (χ3n) is 5.12. The van der Waals surface area contributed by atoms with Gasteiger partial charge in [0.15, 0.2) is 6.61 Å². The van der Waals surface area contributed by atoms with Crippen molar-refractivity contribution in [1.29, 1.82) is 0 Å². The molecular formula is C23H26N2O5. The van der Waals surface area contributed by atoms with Gasteiger partial charge in [0.05, 0.1) is 0 Å². The van der Waals surface area contributed by atoms with Crippen LogP contribution >= 0.6 is 0 Å². The molecule has 0 bridgehead atoms. The van der Waals surface area contributed by atoms with Crippen LogP contribution in [-0.2, 0) is 21.4 Å². The number of amides is 3. The van der Waals surface area contributed by atoms with Crippen LogP contribution in [0.2, 0.25) is 0 Å². The first-order valence-electron chi connectivity index (χ1n) is 9.73. The molecule has 3 rings (SSSR count). The lowest BCUT2D eigenvalue weighted by atomic mass is 9.87. The van der Waals surface area contributed by atoms with E-state index in [-0.39, 0.29) is 17.4 Å². The smallest absolute Gasteiger partial charge is 0.341 e. The highest BCUT2D eigenvalue weighted by molar-refractivity contribution is 6.14. The highest BCUT2D eigenvalue weighted by Crippen LogP contribution is 2.30. The Bertz CT molecular complexity index is 962. The quantitative estimate of drug-likeness (QED) is 0.737. The first kappa shape index (κ1) is 21.4. The molecule has 3 amide bonds. The second-order valence-corrected chi connectivity index (χ2v) is 8.40. The largest absolute Gasteiger partial charge is 0.482 e. The lowest BCUT2D eigenvalue weighted by Gasteiger charge is -2.24. The monoisotopic (exact) mass is 410 g/mol. The highest BCUT2D eigenvalue weighted by Gasteiger charge is 2.43. The maximum absolute atomic E-state index is 12.8. The van der Waals surface area contributed by atoms with Crippen LogP contribution in [0.5, 0.6) is 5.75 Å². The number of likely N-dealkylation sites (N-methyl/N-ethyl adjacent to an activating group) is 1. The van der Waals surface area contributed by atoms with Crippen molar-refractivity contribution in [3.05, 3.63) is 59.7 Å². The van der Waals surface area contributed by atoms with Crippen molar-refractivity contribution in [3.8, 4) is 5.75 Å². The van der Waals surface area contributed by atoms with Crippen LogP contribution in [0.4, 0.5) is 10.5 Å². The van der Waals surface area contributed by atoms with Gasteiger partial charge in [-0.25, -0.2) is 9.59 Å². The summed E-state index contributed by atoms with van der Waals surface area (Å²) < 4.78 is 5.22. The molecule has 2 aromatic carbocycles. The lowest BCUT2D eigenvalue weighted by molar-refractivity contribution is -0.139. The van der Waals surface area contributed by atoms with E-state index in [1.807, 2.05) is 30.3 Å². The maximum atomic E-state index is 12.8. The number of rotatable bonds is 6. The molecule has 0 aromatic heterocycles. The number of imide groups is 1. The fourth-order valence-electron chi connectivity index (χ4n) is 3.44. The van der Waals surface area contributed by atoms with Gasteiger partial charge in [0, 0.05) is 19.2 Å². The average molecular weight is 410 g/mol. The van der Waals surface area contributed by atoms with Gasteiger partial charge in [-0.1, -0.05) is 45.0 Å². The summed E-state index contributed by atoms with van der Waals surface area (Å²) in [6.45, 7) is 5.90. The van der Waals surface area contributed by atoms with Crippen molar-refractivity contribution >= 4 is 23.6 Å². The molecule has 1 fully saturated rings. The fourth-order valence-corrected chi connectivity index (χ4v) is 3.44. The number of carbonyl (C=O) groups is 3. The number of hydrogen-bond donors (Lipinski definition) is 1. The van der Waals surface area contributed by atoms with Crippen LogP contribution in [0.15, 0.2) is 48.5 Å². The van der Waals surface area contributed by atoms with E-state index in [1.165, 1.54) is 11.9 Å². The summed E-state index contributed by atoms with van der Waals surface area (Å²) in [5, 5.41) is 8.78. The first-order chi connectivity index (χ1) is 14.1. The van der Waals surface area contributed by atoms with Crippen molar-refractivity contribution < 1.29 is 24.2 Å². The molecule has 1 heterocycles. The van der Waals surface area contributed by atoms with Gasteiger partial charge < -0.3 is 9.84 Å². The standard InChI is InChI=1S/C23H26N2O5/c1-23(2,3)16-8-10-17(11-9-16)25-19(21(28)24(4)22(25)29)13-15-6-5-7-18(12-15)30-14-20(26)27/h5-12,19H,13-14H2,1-4H3,(H,26,27). The number of benzene rings is 2. The van der Waals surface area contributed by atoms with E-state index >= 15 is 0 Å².